The fourth-order valence-corrected chi connectivity index (χ4v) is 13.2. The Balaban J connectivity index is 1.26. The summed E-state index contributed by atoms with van der Waals surface area (Å²) >= 11 is 0. The molecule has 3 heterocycles. The number of hydrogen-bond acceptors (Lipinski definition) is 5. The van der Waals surface area contributed by atoms with Crippen LogP contribution < -0.4 is 31.0 Å². The summed E-state index contributed by atoms with van der Waals surface area (Å²) in [6.07, 6.45) is 0. The second kappa shape index (κ2) is 10.8. The molecule has 7 aromatic rings. The quantitative estimate of drug-likeness (QED) is 0.146. The van der Waals surface area contributed by atoms with Crippen LogP contribution >= 0.6 is 7.14 Å². The van der Waals surface area contributed by atoms with Crippen LogP contribution in [0.15, 0.2) is 146 Å². The standard InChI is InChI=1S/C41H30N3O2PSi/c1-48(2)37-21-13-12-20-31(37)32-25-34-36(26-38(32)48)47(45,30-18-10-5-11-19-30)35-24-29(22-23-33(35)46-34)41-43-39(27-14-6-3-7-15-27)42-40(44-41)28-16-8-4-9-17-28/h3-26H,1-2H3. The van der Waals surface area contributed by atoms with E-state index in [9.17, 15) is 0 Å². The maximum atomic E-state index is 16.0. The molecule has 230 valence electrons. The van der Waals surface area contributed by atoms with Crippen LogP contribution in [0.2, 0.25) is 13.1 Å². The number of hydrogen-bond donors (Lipinski definition) is 0. The summed E-state index contributed by atoms with van der Waals surface area (Å²) in [5.41, 5.74) is 4.98. The highest BCUT2D eigenvalue weighted by Gasteiger charge is 2.44. The highest BCUT2D eigenvalue weighted by atomic mass is 31.2. The molecule has 2 aliphatic heterocycles. The lowest BCUT2D eigenvalue weighted by atomic mass is 10.1. The van der Waals surface area contributed by atoms with Crippen LogP contribution in [0.25, 0.3) is 45.3 Å². The van der Waals surface area contributed by atoms with Gasteiger partial charge in [-0.1, -0.05) is 128 Å². The van der Waals surface area contributed by atoms with Gasteiger partial charge < -0.3 is 9.30 Å². The Morgan fingerprint density at radius 2 is 1.04 bits per heavy atom. The van der Waals surface area contributed by atoms with Gasteiger partial charge in [0, 0.05) is 22.0 Å². The van der Waals surface area contributed by atoms with E-state index in [1.165, 1.54) is 21.5 Å². The molecule has 5 nitrogen and oxygen atoms in total. The average molecular weight is 656 g/mol. The Kier molecular flexibility index (Phi) is 6.48. The number of rotatable bonds is 4. The van der Waals surface area contributed by atoms with Crippen LogP contribution in [0.5, 0.6) is 11.5 Å². The molecule has 9 rings (SSSR count). The molecule has 0 spiro atoms. The molecule has 0 radical (unpaired) electrons. The first kappa shape index (κ1) is 28.8. The Labute approximate surface area is 280 Å². The van der Waals surface area contributed by atoms with Crippen molar-refractivity contribution >= 4 is 41.5 Å². The third-order valence-electron chi connectivity index (χ3n) is 9.60. The summed E-state index contributed by atoms with van der Waals surface area (Å²) < 4.78 is 22.7. The number of benzene rings is 6. The van der Waals surface area contributed by atoms with E-state index in [4.69, 9.17) is 19.7 Å². The van der Waals surface area contributed by atoms with Crippen LogP contribution in [0.1, 0.15) is 0 Å². The predicted octanol–water partition coefficient (Wildman–Crippen LogP) is 7.42. The van der Waals surface area contributed by atoms with Crippen molar-refractivity contribution in [3.63, 3.8) is 0 Å². The van der Waals surface area contributed by atoms with Crippen molar-refractivity contribution in [1.82, 2.24) is 15.0 Å². The Hall–Kier alpha value is -5.42. The molecule has 1 aromatic heterocycles. The zero-order valence-corrected chi connectivity index (χ0v) is 28.4. The van der Waals surface area contributed by atoms with Crippen molar-refractivity contribution < 1.29 is 9.30 Å². The smallest absolute Gasteiger partial charge is 0.178 e. The first-order valence-corrected chi connectivity index (χ1v) is 20.8. The van der Waals surface area contributed by atoms with Gasteiger partial charge in [0.15, 0.2) is 24.6 Å². The molecule has 0 aliphatic carbocycles. The van der Waals surface area contributed by atoms with Gasteiger partial charge in [-0.15, -0.1) is 0 Å². The highest BCUT2D eigenvalue weighted by molar-refractivity contribution is 7.85. The zero-order chi connectivity index (χ0) is 32.5. The van der Waals surface area contributed by atoms with E-state index in [2.05, 4.69) is 49.5 Å². The van der Waals surface area contributed by atoms with E-state index in [1.54, 1.807) is 0 Å². The molecule has 1 atom stereocenters. The third-order valence-corrected chi connectivity index (χ3v) is 16.2. The minimum Gasteiger partial charge on any atom is -0.456 e. The van der Waals surface area contributed by atoms with Crippen LogP contribution in [0.3, 0.4) is 0 Å². The van der Waals surface area contributed by atoms with Crippen LogP contribution in [0, 0.1) is 0 Å². The zero-order valence-electron chi connectivity index (χ0n) is 26.5. The van der Waals surface area contributed by atoms with E-state index in [1.807, 2.05) is 109 Å². The lowest BCUT2D eigenvalue weighted by molar-refractivity contribution is 0.485. The van der Waals surface area contributed by atoms with Crippen LogP contribution in [0.4, 0.5) is 0 Å². The van der Waals surface area contributed by atoms with Gasteiger partial charge in [0.05, 0.1) is 10.6 Å². The van der Waals surface area contributed by atoms with Gasteiger partial charge in [0.25, 0.3) is 0 Å². The molecule has 0 bridgehead atoms. The monoisotopic (exact) mass is 655 g/mol. The van der Waals surface area contributed by atoms with Crippen molar-refractivity contribution in [3.8, 4) is 56.8 Å². The van der Waals surface area contributed by atoms with E-state index in [0.717, 1.165) is 27.3 Å². The van der Waals surface area contributed by atoms with Gasteiger partial charge in [-0.3, -0.25) is 0 Å². The first-order valence-electron chi connectivity index (χ1n) is 16.1. The number of ether oxygens (including phenoxy) is 1. The third kappa shape index (κ3) is 4.37. The van der Waals surface area contributed by atoms with Crippen LogP contribution in [-0.2, 0) is 4.57 Å². The average Bonchev–Trinajstić information content (AvgIpc) is 3.37. The summed E-state index contributed by atoms with van der Waals surface area (Å²) in [5.74, 6) is 2.90. The maximum absolute atomic E-state index is 16.0. The van der Waals surface area contributed by atoms with Gasteiger partial charge in [-0.05, 0) is 51.8 Å². The van der Waals surface area contributed by atoms with Gasteiger partial charge >= 0.3 is 0 Å². The Bertz CT molecular complexity index is 2380. The second-order valence-corrected chi connectivity index (χ2v) is 19.8. The molecule has 2 aliphatic rings. The van der Waals surface area contributed by atoms with Gasteiger partial charge in [-0.2, -0.15) is 0 Å². The first-order chi connectivity index (χ1) is 23.4. The second-order valence-electron chi connectivity index (χ2n) is 12.8. The number of nitrogens with zero attached hydrogens (tertiary/aromatic N) is 3. The summed E-state index contributed by atoms with van der Waals surface area (Å²) in [4.78, 5) is 14.8. The summed E-state index contributed by atoms with van der Waals surface area (Å²) in [5, 5.41) is 4.86. The molecule has 0 fully saturated rings. The van der Waals surface area contributed by atoms with E-state index < -0.39 is 15.2 Å². The SMILES string of the molecule is C[Si]1(C)c2ccccc2-c2cc3c(cc21)P(=O)(c1ccccc1)c1cc(-c2nc(-c4ccccc4)nc(-c4ccccc4)n2)ccc1O3. The molecular weight excluding hydrogens is 626 g/mol. The summed E-state index contributed by atoms with van der Waals surface area (Å²) in [6.45, 7) is 4.76. The van der Waals surface area contributed by atoms with Gasteiger partial charge in [0.2, 0.25) is 0 Å². The van der Waals surface area contributed by atoms with Gasteiger partial charge in [0.1, 0.15) is 19.6 Å². The maximum Gasteiger partial charge on any atom is 0.178 e. The molecule has 0 N–H and O–H groups in total. The van der Waals surface area contributed by atoms with Crippen molar-refractivity contribution in [2.75, 3.05) is 0 Å². The lowest BCUT2D eigenvalue weighted by Gasteiger charge is -2.31. The van der Waals surface area contributed by atoms with Crippen molar-refractivity contribution in [3.05, 3.63) is 146 Å². The fourth-order valence-electron chi connectivity index (χ4n) is 7.14. The largest absolute Gasteiger partial charge is 0.456 e. The van der Waals surface area contributed by atoms with Crippen LogP contribution in [-0.4, -0.2) is 23.0 Å². The Morgan fingerprint density at radius 1 is 0.500 bits per heavy atom. The van der Waals surface area contributed by atoms with E-state index in [-0.39, 0.29) is 0 Å². The fraction of sp³-hybridized carbons (Fsp3) is 0.0488. The van der Waals surface area contributed by atoms with Crippen molar-refractivity contribution in [2.24, 2.45) is 0 Å². The molecule has 48 heavy (non-hydrogen) atoms. The topological polar surface area (TPSA) is 65.0 Å². The highest BCUT2D eigenvalue weighted by Crippen LogP contribution is 2.53. The minimum atomic E-state index is -3.39. The normalized spacial score (nSPS) is 16.6. The molecule has 1 unspecified atom stereocenters. The van der Waals surface area contributed by atoms with Crippen molar-refractivity contribution in [1.29, 1.82) is 0 Å². The van der Waals surface area contributed by atoms with Gasteiger partial charge in [-0.25, -0.2) is 15.0 Å². The van der Waals surface area contributed by atoms with Crippen molar-refractivity contribution in [2.45, 2.75) is 13.1 Å². The molecule has 7 heteroatoms. The lowest BCUT2D eigenvalue weighted by Crippen LogP contribution is -2.50. The minimum absolute atomic E-state index is 0.508. The van der Waals surface area contributed by atoms with E-state index >= 15 is 4.57 Å². The molecular formula is C41H30N3O2PSi. The molecule has 0 amide bonds. The Morgan fingerprint density at radius 3 is 1.69 bits per heavy atom. The predicted molar refractivity (Wildman–Crippen MR) is 198 cm³/mol. The molecule has 0 saturated heterocycles. The summed E-state index contributed by atoms with van der Waals surface area (Å²) in [7, 11) is -5.43. The van der Waals surface area contributed by atoms with E-state index in [0.29, 0.717) is 34.3 Å². The summed E-state index contributed by atoms with van der Waals surface area (Å²) in [6, 6.07) is 48.5. The number of fused-ring (bicyclic) bond motifs is 5. The molecule has 0 saturated carbocycles. The number of aromatic nitrogens is 3. The molecule has 6 aromatic carbocycles.